The van der Waals surface area contributed by atoms with Crippen LogP contribution in [-0.2, 0) is 4.79 Å². The van der Waals surface area contributed by atoms with E-state index in [1.54, 1.807) is 23.8 Å². The standard InChI is InChI=1S/C18H27N3O3/c1-4-5-6-11-19-18(23)20-12-13-21(17(22)14(20)2)15-7-9-16(24-3)10-8-15/h7-10,14H,4-6,11-13H2,1-3H3,(H,19,23). The predicted octanol–water partition coefficient (Wildman–Crippen LogP) is 2.63. The van der Waals surface area contributed by atoms with Crippen molar-refractivity contribution in [2.24, 2.45) is 0 Å². The van der Waals surface area contributed by atoms with E-state index in [1.807, 2.05) is 24.3 Å². The number of carbonyl (C=O) groups is 2. The van der Waals surface area contributed by atoms with Crippen molar-refractivity contribution in [2.45, 2.75) is 39.2 Å². The van der Waals surface area contributed by atoms with Gasteiger partial charge in [-0.1, -0.05) is 19.8 Å². The van der Waals surface area contributed by atoms with E-state index in [0.717, 1.165) is 30.7 Å². The van der Waals surface area contributed by atoms with E-state index in [2.05, 4.69) is 12.2 Å². The van der Waals surface area contributed by atoms with Crippen LogP contribution in [0.5, 0.6) is 5.75 Å². The van der Waals surface area contributed by atoms with Gasteiger partial charge in [-0.15, -0.1) is 0 Å². The summed E-state index contributed by atoms with van der Waals surface area (Å²) in [5.74, 6) is 0.694. The second-order valence-corrected chi connectivity index (χ2v) is 6.00. The molecule has 0 aromatic heterocycles. The van der Waals surface area contributed by atoms with Crippen molar-refractivity contribution < 1.29 is 14.3 Å². The Labute approximate surface area is 143 Å². The van der Waals surface area contributed by atoms with Gasteiger partial charge in [0, 0.05) is 25.3 Å². The van der Waals surface area contributed by atoms with Crippen LogP contribution in [0.4, 0.5) is 10.5 Å². The Kier molecular flexibility index (Phi) is 6.46. The van der Waals surface area contributed by atoms with Crippen LogP contribution in [0.1, 0.15) is 33.1 Å². The SMILES string of the molecule is CCCCCNC(=O)N1CCN(c2ccc(OC)cc2)C(=O)C1C. The van der Waals surface area contributed by atoms with Crippen LogP contribution < -0.4 is 15.0 Å². The molecule has 1 aliphatic rings. The summed E-state index contributed by atoms with van der Waals surface area (Å²) < 4.78 is 5.14. The van der Waals surface area contributed by atoms with Crippen molar-refractivity contribution in [1.82, 2.24) is 10.2 Å². The molecule has 1 aromatic rings. The van der Waals surface area contributed by atoms with Gasteiger partial charge in [-0.2, -0.15) is 0 Å². The highest BCUT2D eigenvalue weighted by molar-refractivity contribution is 6.00. The highest BCUT2D eigenvalue weighted by atomic mass is 16.5. The highest BCUT2D eigenvalue weighted by Crippen LogP contribution is 2.23. The van der Waals surface area contributed by atoms with Crippen LogP contribution in [0, 0.1) is 0 Å². The Morgan fingerprint density at radius 1 is 1.25 bits per heavy atom. The summed E-state index contributed by atoms with van der Waals surface area (Å²) in [6, 6.07) is 6.78. The van der Waals surface area contributed by atoms with Gasteiger partial charge >= 0.3 is 6.03 Å². The lowest BCUT2D eigenvalue weighted by Gasteiger charge is -2.39. The molecule has 0 saturated carbocycles. The number of benzene rings is 1. The maximum Gasteiger partial charge on any atom is 0.318 e. The molecule has 0 aliphatic carbocycles. The molecule has 0 radical (unpaired) electrons. The van der Waals surface area contributed by atoms with Gasteiger partial charge < -0.3 is 19.9 Å². The molecule has 1 fully saturated rings. The molecule has 132 valence electrons. The van der Waals surface area contributed by atoms with Crippen LogP contribution >= 0.6 is 0 Å². The molecule has 0 bridgehead atoms. The van der Waals surface area contributed by atoms with Gasteiger partial charge in [0.05, 0.1) is 7.11 Å². The minimum Gasteiger partial charge on any atom is -0.497 e. The van der Waals surface area contributed by atoms with Gasteiger partial charge in [0.2, 0.25) is 5.91 Å². The Morgan fingerprint density at radius 3 is 2.58 bits per heavy atom. The molecular weight excluding hydrogens is 306 g/mol. The summed E-state index contributed by atoms with van der Waals surface area (Å²) in [5.41, 5.74) is 0.829. The maximum atomic E-state index is 12.6. The zero-order valence-corrected chi connectivity index (χ0v) is 14.7. The minimum absolute atomic E-state index is 0.0601. The van der Waals surface area contributed by atoms with Gasteiger partial charge in [0.25, 0.3) is 0 Å². The maximum absolute atomic E-state index is 12.6. The number of unbranched alkanes of at least 4 members (excludes halogenated alkanes) is 2. The summed E-state index contributed by atoms with van der Waals surface area (Å²) in [7, 11) is 1.61. The van der Waals surface area contributed by atoms with Gasteiger partial charge in [-0.05, 0) is 37.6 Å². The molecule has 6 heteroatoms. The molecule has 1 atom stereocenters. The van der Waals surface area contributed by atoms with Crippen molar-refractivity contribution in [3.63, 3.8) is 0 Å². The quantitative estimate of drug-likeness (QED) is 0.814. The second-order valence-electron chi connectivity index (χ2n) is 6.00. The van der Waals surface area contributed by atoms with Crippen LogP contribution in [0.2, 0.25) is 0 Å². The first-order chi connectivity index (χ1) is 11.6. The monoisotopic (exact) mass is 333 g/mol. The lowest BCUT2D eigenvalue weighted by molar-refractivity contribution is -0.124. The first-order valence-electron chi connectivity index (χ1n) is 8.58. The van der Waals surface area contributed by atoms with Crippen LogP contribution in [0.25, 0.3) is 0 Å². The Balaban J connectivity index is 1.95. The number of hydrogen-bond donors (Lipinski definition) is 1. The fraction of sp³-hybridized carbons (Fsp3) is 0.556. The highest BCUT2D eigenvalue weighted by Gasteiger charge is 2.34. The number of hydrogen-bond acceptors (Lipinski definition) is 3. The first kappa shape index (κ1) is 18.1. The van der Waals surface area contributed by atoms with Crippen LogP contribution in [0.3, 0.4) is 0 Å². The molecule has 24 heavy (non-hydrogen) atoms. The fourth-order valence-electron chi connectivity index (χ4n) is 2.84. The molecule has 1 saturated heterocycles. The second kappa shape index (κ2) is 8.57. The average Bonchev–Trinajstić information content (AvgIpc) is 2.61. The van der Waals surface area contributed by atoms with Crippen LogP contribution in [0.15, 0.2) is 24.3 Å². The lowest BCUT2D eigenvalue weighted by atomic mass is 10.1. The summed E-state index contributed by atoms with van der Waals surface area (Å²) in [6.45, 7) is 5.59. The summed E-state index contributed by atoms with van der Waals surface area (Å²) in [4.78, 5) is 28.3. The largest absolute Gasteiger partial charge is 0.497 e. The Bertz CT molecular complexity index is 559. The van der Waals surface area contributed by atoms with E-state index < -0.39 is 6.04 Å². The number of amides is 3. The van der Waals surface area contributed by atoms with E-state index in [9.17, 15) is 9.59 Å². The van der Waals surface area contributed by atoms with Crippen molar-refractivity contribution in [1.29, 1.82) is 0 Å². The number of rotatable bonds is 6. The molecule has 1 heterocycles. The molecule has 1 aromatic carbocycles. The number of nitrogens with zero attached hydrogens (tertiary/aromatic N) is 2. The molecule has 1 unspecified atom stereocenters. The van der Waals surface area contributed by atoms with Gasteiger partial charge in [0.1, 0.15) is 11.8 Å². The van der Waals surface area contributed by atoms with Gasteiger partial charge in [0.15, 0.2) is 0 Å². The number of anilines is 1. The predicted molar refractivity (Wildman–Crippen MR) is 94.4 cm³/mol. The zero-order chi connectivity index (χ0) is 17.5. The van der Waals surface area contributed by atoms with E-state index in [4.69, 9.17) is 4.74 Å². The molecule has 6 nitrogen and oxygen atoms in total. The summed E-state index contributed by atoms with van der Waals surface area (Å²) >= 11 is 0. The van der Waals surface area contributed by atoms with Crippen molar-refractivity contribution in [3.8, 4) is 5.75 Å². The molecule has 3 amide bonds. The normalized spacial score (nSPS) is 17.8. The van der Waals surface area contributed by atoms with Crippen molar-refractivity contribution in [3.05, 3.63) is 24.3 Å². The number of carbonyl (C=O) groups excluding carboxylic acids is 2. The van der Waals surface area contributed by atoms with E-state index in [0.29, 0.717) is 19.6 Å². The third-order valence-electron chi connectivity index (χ3n) is 4.36. The Morgan fingerprint density at radius 2 is 1.96 bits per heavy atom. The first-order valence-corrected chi connectivity index (χ1v) is 8.58. The smallest absolute Gasteiger partial charge is 0.318 e. The van der Waals surface area contributed by atoms with Gasteiger partial charge in [-0.25, -0.2) is 4.79 Å². The topological polar surface area (TPSA) is 61.9 Å². The third-order valence-corrected chi connectivity index (χ3v) is 4.36. The molecule has 1 aliphatic heterocycles. The number of piperazine rings is 1. The van der Waals surface area contributed by atoms with Crippen molar-refractivity contribution >= 4 is 17.6 Å². The number of urea groups is 1. The fourth-order valence-corrected chi connectivity index (χ4v) is 2.84. The number of nitrogens with one attached hydrogen (secondary N) is 1. The lowest BCUT2D eigenvalue weighted by Crippen LogP contribution is -2.59. The molecular formula is C18H27N3O3. The summed E-state index contributed by atoms with van der Waals surface area (Å²) in [5, 5.41) is 2.91. The van der Waals surface area contributed by atoms with Crippen molar-refractivity contribution in [2.75, 3.05) is 31.6 Å². The average molecular weight is 333 g/mol. The molecule has 0 spiro atoms. The molecule has 1 N–H and O–H groups in total. The molecule has 2 rings (SSSR count). The third kappa shape index (κ3) is 4.19. The van der Waals surface area contributed by atoms with Gasteiger partial charge in [-0.3, -0.25) is 4.79 Å². The number of methoxy groups -OCH3 is 1. The number of ether oxygens (including phenoxy) is 1. The Hall–Kier alpha value is -2.24. The van der Waals surface area contributed by atoms with E-state index in [-0.39, 0.29) is 11.9 Å². The zero-order valence-electron chi connectivity index (χ0n) is 14.7. The minimum atomic E-state index is -0.466. The van der Waals surface area contributed by atoms with E-state index >= 15 is 0 Å². The summed E-state index contributed by atoms with van der Waals surface area (Å²) in [6.07, 6.45) is 3.18. The van der Waals surface area contributed by atoms with E-state index in [1.165, 1.54) is 0 Å². The van der Waals surface area contributed by atoms with Crippen LogP contribution in [-0.4, -0.2) is 49.6 Å².